The summed E-state index contributed by atoms with van der Waals surface area (Å²) in [5.74, 6) is -0.191. The zero-order valence-corrected chi connectivity index (χ0v) is 39.7. The quantitative estimate of drug-likeness (QED) is 0.0244. The van der Waals surface area contributed by atoms with E-state index >= 15 is 0 Å². The lowest BCUT2D eigenvalue weighted by atomic mass is 10.0. The molecule has 0 aromatic heterocycles. The Balaban J connectivity index is 4.30. The van der Waals surface area contributed by atoms with Crippen molar-refractivity contribution in [2.24, 2.45) is 0 Å². The molecule has 0 saturated heterocycles. The van der Waals surface area contributed by atoms with Gasteiger partial charge in [0.25, 0.3) is 0 Å². The molecule has 0 aromatic carbocycles. The van der Waals surface area contributed by atoms with Gasteiger partial charge in [-0.05, 0) is 57.8 Å². The molecule has 8 nitrogen and oxygen atoms in total. The van der Waals surface area contributed by atoms with E-state index in [1.54, 1.807) is 6.08 Å². The zero-order chi connectivity index (χ0) is 42.8. The van der Waals surface area contributed by atoms with Gasteiger partial charge in [-0.3, -0.25) is 13.8 Å². The Kier molecular flexibility index (Phi) is 40.2. The van der Waals surface area contributed by atoms with Crippen molar-refractivity contribution in [1.29, 1.82) is 0 Å². The minimum atomic E-state index is -4.35. The van der Waals surface area contributed by atoms with Gasteiger partial charge >= 0.3 is 7.82 Å². The van der Waals surface area contributed by atoms with E-state index in [1.165, 1.54) is 161 Å². The Morgan fingerprint density at radius 2 is 0.948 bits per heavy atom. The number of carbonyl (C=O) groups excluding carboxylic acids is 1. The van der Waals surface area contributed by atoms with Gasteiger partial charge in [-0.1, -0.05) is 192 Å². The maximum Gasteiger partial charge on any atom is 0.472 e. The average Bonchev–Trinajstić information content (AvgIpc) is 3.17. The molecule has 0 aromatic rings. The van der Waals surface area contributed by atoms with Crippen LogP contribution in [0.2, 0.25) is 0 Å². The summed E-state index contributed by atoms with van der Waals surface area (Å²) in [5.41, 5.74) is 0. The third kappa shape index (κ3) is 42.8. The number of phosphoric acid groups is 1. The predicted octanol–water partition coefficient (Wildman–Crippen LogP) is 13.9. The number of carbonyl (C=O) groups is 1. The molecule has 0 aliphatic rings. The smallest absolute Gasteiger partial charge is 0.387 e. The zero-order valence-electron chi connectivity index (χ0n) is 38.8. The number of phosphoric ester groups is 1. The highest BCUT2D eigenvalue weighted by Gasteiger charge is 2.27. The fourth-order valence-corrected chi connectivity index (χ4v) is 7.67. The highest BCUT2D eigenvalue weighted by Crippen LogP contribution is 2.43. The standard InChI is InChI=1S/C49H95N2O6P/c1-6-8-10-12-14-16-18-20-21-22-23-24-25-26-27-28-29-31-33-35-37-39-41-43-49(53)50-47(46-57-58(54,55)56-45-44-51(3,4)5)48(52)42-40-38-36-34-32-30-19-17-15-13-11-9-7-2/h26-27,32,34,40,42,47-48,52H,6-25,28-31,33,35-39,41,43-46H2,1-5H3,(H-,50,53,54,55)/p+1/b27-26-,34-32+,42-40+. The normalized spacial score (nSPS) is 14.5. The van der Waals surface area contributed by atoms with Crippen molar-refractivity contribution in [2.75, 3.05) is 40.9 Å². The van der Waals surface area contributed by atoms with Crippen molar-refractivity contribution in [3.63, 3.8) is 0 Å². The van der Waals surface area contributed by atoms with Gasteiger partial charge in [0.15, 0.2) is 0 Å². The van der Waals surface area contributed by atoms with Crippen LogP contribution >= 0.6 is 7.82 Å². The summed E-state index contributed by atoms with van der Waals surface area (Å²) in [7, 11) is 1.55. The third-order valence-electron chi connectivity index (χ3n) is 10.8. The first-order valence-electron chi connectivity index (χ1n) is 24.4. The average molecular weight is 840 g/mol. The van der Waals surface area contributed by atoms with E-state index in [4.69, 9.17) is 9.05 Å². The number of hydrogen-bond acceptors (Lipinski definition) is 5. The van der Waals surface area contributed by atoms with Gasteiger partial charge in [-0.2, -0.15) is 0 Å². The Labute approximate surface area is 359 Å². The number of nitrogens with zero attached hydrogens (tertiary/aromatic N) is 1. The van der Waals surface area contributed by atoms with Gasteiger partial charge in [0.1, 0.15) is 13.2 Å². The van der Waals surface area contributed by atoms with Crippen molar-refractivity contribution in [3.05, 3.63) is 36.5 Å². The molecule has 58 heavy (non-hydrogen) atoms. The van der Waals surface area contributed by atoms with Crippen LogP contribution in [-0.2, 0) is 18.4 Å². The summed E-state index contributed by atoms with van der Waals surface area (Å²) in [6.07, 6.45) is 50.9. The maximum atomic E-state index is 12.9. The van der Waals surface area contributed by atoms with E-state index in [9.17, 15) is 19.4 Å². The van der Waals surface area contributed by atoms with E-state index in [0.29, 0.717) is 17.4 Å². The lowest BCUT2D eigenvalue weighted by Gasteiger charge is -2.25. The number of aliphatic hydroxyl groups excluding tert-OH is 1. The van der Waals surface area contributed by atoms with E-state index < -0.39 is 20.0 Å². The van der Waals surface area contributed by atoms with Crippen LogP contribution in [0.25, 0.3) is 0 Å². The molecule has 0 bridgehead atoms. The number of quaternary nitrogens is 1. The summed E-state index contributed by atoms with van der Waals surface area (Å²) < 4.78 is 23.6. The Hall–Kier alpha value is -1.28. The van der Waals surface area contributed by atoms with Crippen LogP contribution in [0.3, 0.4) is 0 Å². The predicted molar refractivity (Wildman–Crippen MR) is 249 cm³/mol. The van der Waals surface area contributed by atoms with Crippen LogP contribution in [0.4, 0.5) is 0 Å². The third-order valence-corrected chi connectivity index (χ3v) is 11.8. The summed E-state index contributed by atoms with van der Waals surface area (Å²) >= 11 is 0. The molecule has 0 fully saturated rings. The summed E-state index contributed by atoms with van der Waals surface area (Å²) in [6, 6.07) is -0.863. The Morgan fingerprint density at radius 1 is 0.569 bits per heavy atom. The number of hydrogen-bond donors (Lipinski definition) is 3. The number of nitrogens with one attached hydrogen (secondary N) is 1. The molecule has 0 rings (SSSR count). The van der Waals surface area contributed by atoms with Gasteiger partial charge in [0.2, 0.25) is 5.91 Å². The minimum absolute atomic E-state index is 0.0554. The molecule has 9 heteroatoms. The molecule has 0 heterocycles. The number of aliphatic hydroxyl groups is 1. The summed E-state index contributed by atoms with van der Waals surface area (Å²) in [4.78, 5) is 23.1. The summed E-state index contributed by atoms with van der Waals surface area (Å²) in [6.45, 7) is 4.79. The fourth-order valence-electron chi connectivity index (χ4n) is 6.93. The molecule has 342 valence electrons. The highest BCUT2D eigenvalue weighted by atomic mass is 31.2. The number of amides is 1. The molecule has 3 N–H and O–H groups in total. The summed E-state index contributed by atoms with van der Waals surface area (Å²) in [5, 5.41) is 13.8. The van der Waals surface area contributed by atoms with Crippen LogP contribution in [0.5, 0.6) is 0 Å². The highest BCUT2D eigenvalue weighted by molar-refractivity contribution is 7.47. The lowest BCUT2D eigenvalue weighted by Crippen LogP contribution is -2.45. The van der Waals surface area contributed by atoms with Crippen molar-refractivity contribution in [1.82, 2.24) is 5.32 Å². The van der Waals surface area contributed by atoms with E-state index in [-0.39, 0.29) is 19.1 Å². The largest absolute Gasteiger partial charge is 0.472 e. The molecular formula is C49H96N2O6P+. The molecule has 0 radical (unpaired) electrons. The van der Waals surface area contributed by atoms with Gasteiger partial charge < -0.3 is 19.8 Å². The van der Waals surface area contributed by atoms with Gasteiger partial charge in [0.05, 0.1) is 39.9 Å². The monoisotopic (exact) mass is 840 g/mol. The van der Waals surface area contributed by atoms with E-state index in [2.05, 4.69) is 43.5 Å². The van der Waals surface area contributed by atoms with Crippen molar-refractivity contribution >= 4 is 13.7 Å². The van der Waals surface area contributed by atoms with Gasteiger partial charge in [0, 0.05) is 6.42 Å². The molecule has 0 aliphatic carbocycles. The van der Waals surface area contributed by atoms with Crippen LogP contribution < -0.4 is 5.32 Å². The first-order valence-corrected chi connectivity index (χ1v) is 25.9. The fraction of sp³-hybridized carbons (Fsp3) is 0.857. The van der Waals surface area contributed by atoms with E-state index in [0.717, 1.165) is 38.5 Å². The molecule has 0 aliphatic heterocycles. The second-order valence-corrected chi connectivity index (χ2v) is 19.3. The van der Waals surface area contributed by atoms with Crippen molar-refractivity contribution < 1.29 is 32.9 Å². The Bertz CT molecular complexity index is 1040. The maximum absolute atomic E-state index is 12.9. The first kappa shape index (κ1) is 56.7. The van der Waals surface area contributed by atoms with Crippen LogP contribution in [0, 0.1) is 0 Å². The Morgan fingerprint density at radius 3 is 1.38 bits per heavy atom. The van der Waals surface area contributed by atoms with E-state index in [1.807, 2.05) is 27.2 Å². The SMILES string of the molecule is CCCCCCCCC/C=C/CC/C=C/C(O)C(COP(=O)(O)OCC[N+](C)(C)C)NC(=O)CCCCCCCCC/C=C\CCCCCCCCCCCCCC. The van der Waals surface area contributed by atoms with Gasteiger partial charge in [-0.25, -0.2) is 4.57 Å². The lowest BCUT2D eigenvalue weighted by molar-refractivity contribution is -0.870. The van der Waals surface area contributed by atoms with Crippen LogP contribution in [-0.4, -0.2) is 73.4 Å². The second-order valence-electron chi connectivity index (χ2n) is 17.8. The molecule has 0 spiro atoms. The first-order chi connectivity index (χ1) is 28.0. The molecular weight excluding hydrogens is 744 g/mol. The van der Waals surface area contributed by atoms with Gasteiger partial charge in [-0.15, -0.1) is 0 Å². The second kappa shape index (κ2) is 41.1. The minimum Gasteiger partial charge on any atom is -0.387 e. The molecule has 3 unspecified atom stereocenters. The number of likely N-dealkylation sites (N-methyl/N-ethyl adjacent to an activating group) is 1. The molecule has 3 atom stereocenters. The van der Waals surface area contributed by atoms with Crippen LogP contribution in [0.1, 0.15) is 219 Å². The number of rotatable bonds is 44. The van der Waals surface area contributed by atoms with Crippen molar-refractivity contribution in [2.45, 2.75) is 231 Å². The number of allylic oxidation sites excluding steroid dienone is 5. The topological polar surface area (TPSA) is 105 Å². The molecule has 1 amide bonds. The molecule has 0 saturated carbocycles. The number of unbranched alkanes of at least 4 members (excludes halogenated alkanes) is 27. The van der Waals surface area contributed by atoms with Crippen LogP contribution in [0.15, 0.2) is 36.5 Å². The van der Waals surface area contributed by atoms with Crippen molar-refractivity contribution in [3.8, 4) is 0 Å².